The maximum Gasteiger partial charge on any atom is 0.296 e. The number of nitriles is 1. The first kappa shape index (κ1) is 21.1. The van der Waals surface area contributed by atoms with Crippen LogP contribution < -0.4 is 5.43 Å². The Morgan fingerprint density at radius 3 is 2.53 bits per heavy atom. The molecule has 0 atom stereocenters. The molecule has 0 unspecified atom stereocenters. The molecule has 0 fully saturated rings. The number of para-hydroxylation sites is 1. The molecule has 3 rings (SSSR count). The second-order valence-electron chi connectivity index (χ2n) is 7.28. The van der Waals surface area contributed by atoms with Crippen LogP contribution in [0.3, 0.4) is 0 Å². The Morgan fingerprint density at radius 2 is 1.83 bits per heavy atom. The average Bonchev–Trinajstić information content (AvgIpc) is 2.99. The van der Waals surface area contributed by atoms with Crippen LogP contribution in [-0.2, 0) is 17.6 Å². The Morgan fingerprint density at radius 1 is 1.13 bits per heavy atom. The highest BCUT2D eigenvalue weighted by Crippen LogP contribution is 2.29. The van der Waals surface area contributed by atoms with Crippen LogP contribution in [0.4, 0.5) is 5.69 Å². The summed E-state index contributed by atoms with van der Waals surface area (Å²) >= 11 is 0. The van der Waals surface area contributed by atoms with Crippen molar-refractivity contribution < 1.29 is 9.90 Å². The summed E-state index contributed by atoms with van der Waals surface area (Å²) in [6.45, 7) is 6.10. The fourth-order valence-corrected chi connectivity index (χ4v) is 3.49. The van der Waals surface area contributed by atoms with E-state index in [-0.39, 0.29) is 30.3 Å². The highest BCUT2D eigenvalue weighted by molar-refractivity contribution is 6.68. The summed E-state index contributed by atoms with van der Waals surface area (Å²) in [5.41, 5.74) is 8.45. The minimum Gasteiger partial charge on any atom is -0.505 e. The highest BCUT2D eigenvalue weighted by atomic mass is 16.3. The van der Waals surface area contributed by atoms with Gasteiger partial charge in [-0.3, -0.25) is 10.2 Å². The van der Waals surface area contributed by atoms with E-state index >= 15 is 0 Å². The van der Waals surface area contributed by atoms with Crippen LogP contribution in [0.1, 0.15) is 35.6 Å². The topological polar surface area (TPSA) is 101 Å². The fourth-order valence-electron chi connectivity index (χ4n) is 3.49. The summed E-state index contributed by atoms with van der Waals surface area (Å²) in [4.78, 5) is 12.4. The Hall–Kier alpha value is -3.66. The summed E-state index contributed by atoms with van der Waals surface area (Å²) in [6.07, 6.45) is 1.71. The molecule has 1 aliphatic rings. The van der Waals surface area contributed by atoms with E-state index in [9.17, 15) is 9.90 Å². The van der Waals surface area contributed by atoms with Gasteiger partial charge in [-0.15, -0.1) is 0 Å². The monoisotopic (exact) mass is 403 g/mol. The Bertz CT molecular complexity index is 1050. The molecular weight excluding hydrogens is 378 g/mol. The summed E-state index contributed by atoms with van der Waals surface area (Å²) in [6, 6.07) is 13.7. The number of hydrazone groups is 2. The lowest BCUT2D eigenvalue weighted by Crippen LogP contribution is -2.28. The summed E-state index contributed by atoms with van der Waals surface area (Å²) in [7, 11) is 0. The summed E-state index contributed by atoms with van der Waals surface area (Å²) in [5, 5.41) is 28.9. The van der Waals surface area contributed by atoms with Gasteiger partial charge in [0, 0.05) is 0 Å². The van der Waals surface area contributed by atoms with Crippen molar-refractivity contribution in [3.05, 3.63) is 58.7 Å². The van der Waals surface area contributed by atoms with E-state index in [1.807, 2.05) is 24.3 Å². The number of aromatic hydroxyl groups is 1. The van der Waals surface area contributed by atoms with E-state index in [4.69, 9.17) is 5.26 Å². The molecular formula is C23H25N5O2. The van der Waals surface area contributed by atoms with E-state index in [0.29, 0.717) is 17.8 Å². The number of hydrogen-bond donors (Lipinski definition) is 2. The summed E-state index contributed by atoms with van der Waals surface area (Å²) < 4.78 is 0. The van der Waals surface area contributed by atoms with Crippen LogP contribution in [0.25, 0.3) is 0 Å². The van der Waals surface area contributed by atoms with Gasteiger partial charge < -0.3 is 5.11 Å². The molecule has 1 aliphatic heterocycles. The van der Waals surface area contributed by atoms with Gasteiger partial charge in [-0.2, -0.15) is 15.5 Å². The van der Waals surface area contributed by atoms with E-state index in [1.165, 1.54) is 21.7 Å². The van der Waals surface area contributed by atoms with Crippen molar-refractivity contribution >= 4 is 23.0 Å². The van der Waals surface area contributed by atoms with Gasteiger partial charge in [0.05, 0.1) is 30.4 Å². The minimum absolute atomic E-state index is 0.120. The number of nitrogens with zero attached hydrogens (tertiary/aromatic N) is 4. The van der Waals surface area contributed by atoms with Crippen molar-refractivity contribution in [1.29, 1.82) is 5.26 Å². The zero-order valence-corrected chi connectivity index (χ0v) is 17.4. The maximum absolute atomic E-state index is 12.4. The van der Waals surface area contributed by atoms with Crippen molar-refractivity contribution in [3.8, 4) is 11.8 Å². The third kappa shape index (κ3) is 4.49. The molecule has 0 spiro atoms. The van der Waals surface area contributed by atoms with E-state index in [1.54, 1.807) is 13.0 Å². The second kappa shape index (κ2) is 9.23. The highest BCUT2D eigenvalue weighted by Gasteiger charge is 2.29. The molecule has 0 saturated heterocycles. The minimum atomic E-state index is -0.360. The van der Waals surface area contributed by atoms with Gasteiger partial charge in [-0.1, -0.05) is 30.3 Å². The summed E-state index contributed by atoms with van der Waals surface area (Å²) in [5.74, 6) is -0.240. The second-order valence-corrected chi connectivity index (χ2v) is 7.28. The van der Waals surface area contributed by atoms with Gasteiger partial charge in [0.2, 0.25) is 0 Å². The first-order valence-corrected chi connectivity index (χ1v) is 9.86. The van der Waals surface area contributed by atoms with Crippen molar-refractivity contribution in [2.75, 3.05) is 12.0 Å². The molecule has 0 bridgehead atoms. The van der Waals surface area contributed by atoms with Crippen LogP contribution >= 0.6 is 0 Å². The number of carbonyl (C=O) groups is 1. The van der Waals surface area contributed by atoms with E-state index in [2.05, 4.69) is 41.6 Å². The van der Waals surface area contributed by atoms with E-state index in [0.717, 1.165) is 12.0 Å². The third-order valence-corrected chi connectivity index (χ3v) is 5.18. The first-order chi connectivity index (χ1) is 14.4. The molecule has 0 aliphatic carbocycles. The molecule has 1 heterocycles. The number of benzene rings is 2. The zero-order chi connectivity index (χ0) is 21.7. The van der Waals surface area contributed by atoms with Crippen molar-refractivity contribution in [2.24, 2.45) is 10.2 Å². The number of rotatable bonds is 7. The predicted molar refractivity (Wildman–Crippen MR) is 118 cm³/mol. The first-order valence-electron chi connectivity index (χ1n) is 9.86. The van der Waals surface area contributed by atoms with Gasteiger partial charge in [-0.25, -0.2) is 5.01 Å². The number of phenols is 1. The van der Waals surface area contributed by atoms with Gasteiger partial charge >= 0.3 is 0 Å². The molecule has 1 amide bonds. The number of nitrogens with one attached hydrogen (secondary N) is 1. The van der Waals surface area contributed by atoms with Crippen LogP contribution in [-0.4, -0.2) is 34.0 Å². The van der Waals surface area contributed by atoms with Crippen LogP contribution in [0.5, 0.6) is 5.75 Å². The molecule has 7 nitrogen and oxygen atoms in total. The molecule has 0 radical (unpaired) electrons. The standard InChI is InChI=1S/C23H25N5O2/c1-15-7-4-8-16(2)19(15)12-11-18-9-5-10-20(22(18)29)25-26-21-17(3)27-28(23(21)30)14-6-13-24/h4-5,7-10,25,29H,6,11-12,14H2,1-3H3/b26-21-. The van der Waals surface area contributed by atoms with Gasteiger partial charge in [0.1, 0.15) is 5.75 Å². The molecule has 0 aromatic heterocycles. The van der Waals surface area contributed by atoms with Crippen LogP contribution in [0, 0.1) is 25.2 Å². The Labute approximate surface area is 176 Å². The van der Waals surface area contributed by atoms with Crippen molar-refractivity contribution in [1.82, 2.24) is 5.01 Å². The van der Waals surface area contributed by atoms with Crippen molar-refractivity contribution in [2.45, 2.75) is 40.0 Å². The fraction of sp³-hybridized carbons (Fsp3) is 0.304. The van der Waals surface area contributed by atoms with E-state index < -0.39 is 0 Å². The lowest BCUT2D eigenvalue weighted by molar-refractivity contribution is -0.123. The predicted octanol–water partition coefficient (Wildman–Crippen LogP) is 3.69. The average molecular weight is 403 g/mol. The third-order valence-electron chi connectivity index (χ3n) is 5.18. The molecule has 154 valence electrons. The molecule has 0 saturated carbocycles. The van der Waals surface area contributed by atoms with Gasteiger partial charge in [0.25, 0.3) is 5.91 Å². The number of phenolic OH excluding ortho intramolecular Hbond substituents is 1. The lowest BCUT2D eigenvalue weighted by Gasteiger charge is -2.12. The number of anilines is 1. The number of carbonyl (C=O) groups excluding carboxylic acids is 1. The smallest absolute Gasteiger partial charge is 0.296 e. The molecule has 2 aromatic rings. The maximum atomic E-state index is 12.4. The van der Waals surface area contributed by atoms with Gasteiger partial charge in [0.15, 0.2) is 5.71 Å². The Kier molecular flexibility index (Phi) is 6.48. The molecule has 2 N–H and O–H groups in total. The number of aryl methyl sites for hydroxylation is 3. The number of hydrogen-bond acceptors (Lipinski definition) is 6. The SMILES string of the molecule is CC1=NN(CCC#N)C(=O)/C1=N\Nc1cccc(CCc2c(C)cccc2C)c1O. The number of amides is 1. The molecule has 30 heavy (non-hydrogen) atoms. The quantitative estimate of drug-likeness (QED) is 0.544. The largest absolute Gasteiger partial charge is 0.505 e. The lowest BCUT2D eigenvalue weighted by atomic mass is 9.96. The molecule has 7 heteroatoms. The van der Waals surface area contributed by atoms with Crippen LogP contribution in [0.15, 0.2) is 46.6 Å². The normalized spacial score (nSPS) is 14.7. The Balaban J connectivity index is 1.73. The zero-order valence-electron chi connectivity index (χ0n) is 17.4. The van der Waals surface area contributed by atoms with Gasteiger partial charge in [-0.05, 0) is 61.9 Å². The van der Waals surface area contributed by atoms with Crippen molar-refractivity contribution in [3.63, 3.8) is 0 Å². The van der Waals surface area contributed by atoms with Crippen LogP contribution in [0.2, 0.25) is 0 Å². The molecule has 2 aromatic carbocycles.